The molecule has 1 aromatic rings. The average Bonchev–Trinajstić information content (AvgIpc) is 2.61. The van der Waals surface area contributed by atoms with Crippen LogP contribution >= 0.6 is 11.8 Å². The highest BCUT2D eigenvalue weighted by Crippen LogP contribution is 2.44. The number of thioether (sulfide) groups is 1. The smallest absolute Gasteiger partial charge is 0.0336 e. The summed E-state index contributed by atoms with van der Waals surface area (Å²) in [4.78, 5) is 1.41. The van der Waals surface area contributed by atoms with Crippen molar-refractivity contribution in [3.63, 3.8) is 0 Å². The van der Waals surface area contributed by atoms with Gasteiger partial charge in [0.05, 0.1) is 0 Å². The van der Waals surface area contributed by atoms with Gasteiger partial charge in [-0.05, 0) is 17.0 Å². The summed E-state index contributed by atoms with van der Waals surface area (Å²) >= 11 is 1.94. The lowest BCUT2D eigenvalue weighted by Crippen LogP contribution is -2.48. The quantitative estimate of drug-likeness (QED) is 0.612. The Morgan fingerprint density at radius 3 is 2.69 bits per heavy atom. The Kier molecular flexibility index (Phi) is 3.29. The molecule has 0 fully saturated rings. The lowest BCUT2D eigenvalue weighted by atomic mass is 9.77. The van der Waals surface area contributed by atoms with E-state index in [1.165, 1.54) is 10.5 Å². The average molecular weight is 236 g/mol. The van der Waals surface area contributed by atoms with E-state index in [1.807, 2.05) is 11.8 Å². The predicted octanol–water partition coefficient (Wildman–Crippen LogP) is 2.75. The molecule has 0 saturated carbocycles. The molecule has 1 heterocycles. The third-order valence-electron chi connectivity index (χ3n) is 3.25. The molecule has 0 saturated heterocycles. The number of hydrazine groups is 1. The lowest BCUT2D eigenvalue weighted by molar-refractivity contribution is 0.243. The van der Waals surface area contributed by atoms with Crippen molar-refractivity contribution in [3.8, 4) is 0 Å². The predicted molar refractivity (Wildman–Crippen MR) is 70.5 cm³/mol. The third kappa shape index (κ3) is 2.12. The molecule has 0 bridgehead atoms. The fourth-order valence-electron chi connectivity index (χ4n) is 2.43. The van der Waals surface area contributed by atoms with Crippen molar-refractivity contribution in [1.29, 1.82) is 0 Å². The molecule has 3 heteroatoms. The maximum Gasteiger partial charge on any atom is 0.0336 e. The first-order chi connectivity index (χ1) is 7.54. The molecular formula is C13H20N2S. The molecular weight excluding hydrogens is 216 g/mol. The van der Waals surface area contributed by atoms with Crippen molar-refractivity contribution in [1.82, 2.24) is 5.43 Å². The number of nitrogens with two attached hydrogens (primary N) is 1. The van der Waals surface area contributed by atoms with Crippen LogP contribution in [0.25, 0.3) is 0 Å². The summed E-state index contributed by atoms with van der Waals surface area (Å²) in [6, 6.07) is 8.99. The zero-order valence-corrected chi connectivity index (χ0v) is 11.0. The van der Waals surface area contributed by atoms with E-state index in [9.17, 15) is 0 Å². The van der Waals surface area contributed by atoms with E-state index in [0.717, 1.165) is 5.75 Å². The summed E-state index contributed by atoms with van der Waals surface area (Å²) in [7, 11) is 0. The van der Waals surface area contributed by atoms with Gasteiger partial charge < -0.3 is 0 Å². The Morgan fingerprint density at radius 2 is 2.06 bits per heavy atom. The van der Waals surface area contributed by atoms with Crippen LogP contribution < -0.4 is 11.3 Å². The van der Waals surface area contributed by atoms with Gasteiger partial charge in [0.25, 0.3) is 0 Å². The van der Waals surface area contributed by atoms with Gasteiger partial charge in [-0.1, -0.05) is 39.0 Å². The minimum absolute atomic E-state index is 0.178. The molecule has 0 radical (unpaired) electrons. The van der Waals surface area contributed by atoms with Crippen LogP contribution in [0.15, 0.2) is 29.2 Å². The van der Waals surface area contributed by atoms with Crippen molar-refractivity contribution in [3.05, 3.63) is 29.8 Å². The first kappa shape index (κ1) is 12.0. The van der Waals surface area contributed by atoms with E-state index in [0.29, 0.717) is 12.0 Å². The lowest BCUT2D eigenvalue weighted by Gasteiger charge is -2.35. The highest BCUT2D eigenvalue weighted by molar-refractivity contribution is 7.99. The Hall–Kier alpha value is -0.510. The van der Waals surface area contributed by atoms with E-state index in [-0.39, 0.29) is 5.41 Å². The number of fused-ring (bicyclic) bond motifs is 1. The van der Waals surface area contributed by atoms with E-state index in [2.05, 4.69) is 50.5 Å². The Labute approximate surface area is 102 Å². The van der Waals surface area contributed by atoms with Gasteiger partial charge in [-0.3, -0.25) is 11.3 Å². The molecule has 0 aromatic heterocycles. The molecule has 1 aliphatic heterocycles. The molecule has 16 heavy (non-hydrogen) atoms. The van der Waals surface area contributed by atoms with Crippen molar-refractivity contribution in [2.75, 3.05) is 5.75 Å². The van der Waals surface area contributed by atoms with Crippen molar-refractivity contribution in [2.45, 2.75) is 37.6 Å². The SMILES string of the molecule is CC(C)(C)C(NN)C1CSc2ccccc21. The van der Waals surface area contributed by atoms with Gasteiger partial charge in [0, 0.05) is 22.6 Å². The Balaban J connectivity index is 2.30. The number of benzene rings is 1. The molecule has 3 N–H and O–H groups in total. The summed E-state index contributed by atoms with van der Waals surface area (Å²) in [5.41, 5.74) is 4.64. The van der Waals surface area contributed by atoms with Crippen LogP contribution in [0.3, 0.4) is 0 Å². The maximum absolute atomic E-state index is 5.74. The van der Waals surface area contributed by atoms with E-state index in [1.54, 1.807) is 0 Å². The van der Waals surface area contributed by atoms with E-state index >= 15 is 0 Å². The summed E-state index contributed by atoms with van der Waals surface area (Å²) in [5.74, 6) is 7.39. The van der Waals surface area contributed by atoms with Crippen LogP contribution in [0.1, 0.15) is 32.3 Å². The fraction of sp³-hybridized carbons (Fsp3) is 0.538. The van der Waals surface area contributed by atoms with Gasteiger partial charge >= 0.3 is 0 Å². The Bertz CT molecular complexity index is 370. The second kappa shape index (κ2) is 4.40. The summed E-state index contributed by atoms with van der Waals surface area (Å²) in [6.07, 6.45) is 0. The highest BCUT2D eigenvalue weighted by atomic mass is 32.2. The topological polar surface area (TPSA) is 38.0 Å². The molecule has 0 aliphatic carbocycles. The normalized spacial score (nSPS) is 21.9. The molecule has 1 aromatic carbocycles. The third-order valence-corrected chi connectivity index (χ3v) is 4.46. The minimum atomic E-state index is 0.178. The monoisotopic (exact) mass is 236 g/mol. The molecule has 1 aliphatic rings. The fourth-order valence-corrected chi connectivity index (χ4v) is 3.73. The largest absolute Gasteiger partial charge is 0.271 e. The second-order valence-electron chi connectivity index (χ2n) is 5.47. The van der Waals surface area contributed by atoms with E-state index in [4.69, 9.17) is 5.84 Å². The Morgan fingerprint density at radius 1 is 1.38 bits per heavy atom. The number of hydrogen-bond acceptors (Lipinski definition) is 3. The van der Waals surface area contributed by atoms with Gasteiger partial charge in [-0.15, -0.1) is 11.8 Å². The van der Waals surface area contributed by atoms with Crippen LogP contribution in [0.4, 0.5) is 0 Å². The standard InChI is InChI=1S/C13H20N2S/c1-13(2,3)12(15-14)10-8-16-11-7-5-4-6-9(10)11/h4-7,10,12,15H,8,14H2,1-3H3. The second-order valence-corrected chi connectivity index (χ2v) is 6.53. The molecule has 2 nitrogen and oxygen atoms in total. The maximum atomic E-state index is 5.74. The highest BCUT2D eigenvalue weighted by Gasteiger charge is 2.36. The van der Waals surface area contributed by atoms with Crippen LogP contribution in [-0.4, -0.2) is 11.8 Å². The summed E-state index contributed by atoms with van der Waals surface area (Å²) in [6.45, 7) is 6.72. The zero-order valence-electron chi connectivity index (χ0n) is 10.2. The van der Waals surface area contributed by atoms with Crippen molar-refractivity contribution in [2.24, 2.45) is 11.3 Å². The van der Waals surface area contributed by atoms with Crippen molar-refractivity contribution < 1.29 is 0 Å². The molecule has 2 atom stereocenters. The van der Waals surface area contributed by atoms with Crippen molar-refractivity contribution >= 4 is 11.8 Å². The molecule has 2 unspecified atom stereocenters. The summed E-state index contributed by atoms with van der Waals surface area (Å²) in [5, 5.41) is 0. The molecule has 0 spiro atoms. The molecule has 2 rings (SSSR count). The number of nitrogens with one attached hydrogen (secondary N) is 1. The van der Waals surface area contributed by atoms with Crippen LogP contribution in [-0.2, 0) is 0 Å². The number of rotatable bonds is 2. The van der Waals surface area contributed by atoms with E-state index < -0.39 is 0 Å². The van der Waals surface area contributed by atoms with Crippen LogP contribution in [0.2, 0.25) is 0 Å². The van der Waals surface area contributed by atoms with Gasteiger partial charge in [0.15, 0.2) is 0 Å². The summed E-state index contributed by atoms with van der Waals surface area (Å²) < 4.78 is 0. The van der Waals surface area contributed by atoms with Crippen LogP contribution in [0, 0.1) is 5.41 Å². The zero-order chi connectivity index (χ0) is 11.8. The van der Waals surface area contributed by atoms with Gasteiger partial charge in [0.1, 0.15) is 0 Å². The minimum Gasteiger partial charge on any atom is -0.271 e. The van der Waals surface area contributed by atoms with Crippen LogP contribution in [0.5, 0.6) is 0 Å². The van der Waals surface area contributed by atoms with Gasteiger partial charge in [-0.2, -0.15) is 0 Å². The molecule has 88 valence electrons. The van der Waals surface area contributed by atoms with Gasteiger partial charge in [-0.25, -0.2) is 0 Å². The first-order valence-electron chi connectivity index (χ1n) is 5.72. The number of hydrogen-bond donors (Lipinski definition) is 2. The first-order valence-corrected chi connectivity index (χ1v) is 6.70. The molecule has 0 amide bonds. The van der Waals surface area contributed by atoms with Gasteiger partial charge in [0.2, 0.25) is 0 Å².